The van der Waals surface area contributed by atoms with Crippen LogP contribution >= 0.6 is 0 Å². The minimum atomic E-state index is -4.72. The summed E-state index contributed by atoms with van der Waals surface area (Å²) in [5.74, 6) is -2.89. The molecule has 0 unspecified atom stereocenters. The fourth-order valence-electron chi connectivity index (χ4n) is 4.34. The van der Waals surface area contributed by atoms with Gasteiger partial charge in [0.05, 0.1) is 34.2 Å². The predicted octanol–water partition coefficient (Wildman–Crippen LogP) is 0.146. The number of rotatable bonds is 6. The smallest absolute Gasteiger partial charge is 0.545 e. The van der Waals surface area contributed by atoms with Gasteiger partial charge in [-0.2, -0.15) is 8.42 Å². The Balaban J connectivity index is 0.00000353. The molecule has 5 N–H and O–H groups in total. The van der Waals surface area contributed by atoms with Crippen LogP contribution in [0, 0.1) is 0 Å². The van der Waals surface area contributed by atoms with Gasteiger partial charge in [-0.15, -0.1) is 0 Å². The van der Waals surface area contributed by atoms with Crippen LogP contribution in [0.4, 0.5) is 28.4 Å². The summed E-state index contributed by atoms with van der Waals surface area (Å²) in [5.41, 5.74) is 5.38. The van der Waals surface area contributed by atoms with Crippen LogP contribution in [0.2, 0.25) is 0 Å². The Kier molecular flexibility index (Phi) is 7.64. The number of para-hydroxylation sites is 1. The first kappa shape index (κ1) is 28.0. The van der Waals surface area contributed by atoms with Gasteiger partial charge in [0.1, 0.15) is 4.90 Å². The third-order valence-electron chi connectivity index (χ3n) is 6.05. The minimum Gasteiger partial charge on any atom is -0.545 e. The molecule has 190 valence electrons. The molecule has 0 aromatic heterocycles. The quantitative estimate of drug-likeness (QED) is 0.129. The molecular formula is C27H18N3NaO7S. The van der Waals surface area contributed by atoms with E-state index in [0.717, 1.165) is 12.1 Å². The van der Waals surface area contributed by atoms with Crippen molar-refractivity contribution in [1.29, 1.82) is 0 Å². The Hall–Kier alpha value is -4.00. The van der Waals surface area contributed by atoms with Crippen molar-refractivity contribution < 1.29 is 62.0 Å². The number of ketones is 2. The number of carboxylic acid groups (broad SMARTS) is 1. The number of hydrogen-bond acceptors (Lipinski definition) is 9. The van der Waals surface area contributed by atoms with Crippen LogP contribution in [0.25, 0.3) is 0 Å². The predicted molar refractivity (Wildman–Crippen MR) is 138 cm³/mol. The Morgan fingerprint density at radius 3 is 1.92 bits per heavy atom. The Labute approximate surface area is 244 Å². The molecule has 1 aliphatic rings. The SMILES string of the molecule is Nc1c(C(=O)[O-])cc(Nc2ccc(Nc3ccccc3)c(S(=O)(=O)O)c2)c2c1C(=O)c1ccccc1C2=O.[Na+]. The molecule has 39 heavy (non-hydrogen) atoms. The average molecular weight is 552 g/mol. The molecule has 0 bridgehead atoms. The van der Waals surface area contributed by atoms with Crippen LogP contribution in [0.1, 0.15) is 42.2 Å². The molecule has 12 heteroatoms. The fourth-order valence-corrected chi connectivity index (χ4v) is 5.01. The normalized spacial score (nSPS) is 12.1. The first-order valence-electron chi connectivity index (χ1n) is 11.1. The van der Waals surface area contributed by atoms with Gasteiger partial charge in [-0.3, -0.25) is 14.1 Å². The van der Waals surface area contributed by atoms with Crippen molar-refractivity contribution in [3.8, 4) is 0 Å². The van der Waals surface area contributed by atoms with Crippen LogP contribution in [-0.4, -0.2) is 30.5 Å². The van der Waals surface area contributed by atoms with Crippen molar-refractivity contribution in [1.82, 2.24) is 0 Å². The minimum absolute atomic E-state index is 0. The number of nitrogen functional groups attached to an aromatic ring is 1. The summed E-state index contributed by atoms with van der Waals surface area (Å²) in [4.78, 5) is 38.0. The number of carbonyl (C=O) groups excluding carboxylic acids is 3. The van der Waals surface area contributed by atoms with Gasteiger partial charge in [0.25, 0.3) is 10.1 Å². The van der Waals surface area contributed by atoms with E-state index in [1.54, 1.807) is 42.5 Å². The molecule has 4 aromatic rings. The van der Waals surface area contributed by atoms with Gasteiger partial charge in [-0.05, 0) is 36.4 Å². The van der Waals surface area contributed by atoms with Gasteiger partial charge < -0.3 is 26.3 Å². The zero-order valence-corrected chi connectivity index (χ0v) is 23.2. The maximum absolute atomic E-state index is 13.4. The molecule has 0 atom stereocenters. The number of benzene rings is 4. The first-order chi connectivity index (χ1) is 18.1. The summed E-state index contributed by atoms with van der Waals surface area (Å²) in [5, 5.41) is 17.5. The maximum atomic E-state index is 13.4. The van der Waals surface area contributed by atoms with Crippen LogP contribution in [0.3, 0.4) is 0 Å². The number of anilines is 5. The summed E-state index contributed by atoms with van der Waals surface area (Å²) in [6, 6.07) is 19.7. The van der Waals surface area contributed by atoms with Crippen LogP contribution in [0.5, 0.6) is 0 Å². The summed E-state index contributed by atoms with van der Waals surface area (Å²) < 4.78 is 34.2. The number of hydrogen-bond donors (Lipinski definition) is 4. The molecule has 0 radical (unpaired) electrons. The fraction of sp³-hybridized carbons (Fsp3) is 0. The van der Waals surface area contributed by atoms with Crippen molar-refractivity contribution in [2.24, 2.45) is 0 Å². The second-order valence-corrected chi connectivity index (χ2v) is 9.82. The molecule has 0 fully saturated rings. The zero-order chi connectivity index (χ0) is 27.2. The molecule has 4 aromatic carbocycles. The van der Waals surface area contributed by atoms with Crippen LogP contribution < -0.4 is 51.0 Å². The van der Waals surface area contributed by atoms with E-state index in [2.05, 4.69) is 10.6 Å². The van der Waals surface area contributed by atoms with Gasteiger partial charge in [0.15, 0.2) is 11.6 Å². The molecule has 0 saturated carbocycles. The first-order valence-corrected chi connectivity index (χ1v) is 12.6. The van der Waals surface area contributed by atoms with Crippen molar-refractivity contribution in [2.75, 3.05) is 16.4 Å². The summed E-state index contributed by atoms with van der Waals surface area (Å²) >= 11 is 0. The van der Waals surface area contributed by atoms with E-state index >= 15 is 0 Å². The van der Waals surface area contributed by atoms with Gasteiger partial charge in [-0.25, -0.2) is 0 Å². The Morgan fingerprint density at radius 2 is 1.33 bits per heavy atom. The standard InChI is InChI=1S/C27H19N3O7S.Na/c28-24-18(27(33)34)13-20(22-23(24)26(32)17-9-5-4-8-16(17)25(22)31)30-15-10-11-19(21(12-15)38(35,36)37)29-14-6-2-1-3-7-14;/h1-13,29-30H,28H2,(H,33,34)(H,35,36,37);/q;+1/p-1. The third-order valence-corrected chi connectivity index (χ3v) is 6.94. The van der Waals surface area contributed by atoms with Gasteiger partial charge in [-0.1, -0.05) is 42.5 Å². The summed E-state index contributed by atoms with van der Waals surface area (Å²) in [7, 11) is -4.72. The number of nitrogens with two attached hydrogens (primary N) is 1. The number of carboxylic acids is 1. The topological polar surface area (TPSA) is 179 Å². The molecular weight excluding hydrogens is 533 g/mol. The Bertz CT molecular complexity index is 1770. The van der Waals surface area contributed by atoms with E-state index in [9.17, 15) is 32.5 Å². The van der Waals surface area contributed by atoms with E-state index in [1.165, 1.54) is 24.3 Å². The summed E-state index contributed by atoms with van der Waals surface area (Å²) in [6.07, 6.45) is 0. The van der Waals surface area contributed by atoms with Gasteiger partial charge >= 0.3 is 29.6 Å². The zero-order valence-electron chi connectivity index (χ0n) is 20.4. The average Bonchev–Trinajstić information content (AvgIpc) is 2.88. The van der Waals surface area contributed by atoms with E-state index in [0.29, 0.717) is 5.69 Å². The monoisotopic (exact) mass is 551 g/mol. The van der Waals surface area contributed by atoms with Crippen molar-refractivity contribution in [3.63, 3.8) is 0 Å². The molecule has 0 heterocycles. The van der Waals surface area contributed by atoms with E-state index in [1.807, 2.05) is 0 Å². The maximum Gasteiger partial charge on any atom is 1.00 e. The Morgan fingerprint density at radius 1 is 0.769 bits per heavy atom. The van der Waals surface area contributed by atoms with Crippen molar-refractivity contribution in [3.05, 3.63) is 107 Å². The van der Waals surface area contributed by atoms with Crippen molar-refractivity contribution in [2.45, 2.75) is 4.90 Å². The molecule has 0 saturated heterocycles. The largest absolute Gasteiger partial charge is 1.00 e. The molecule has 10 nitrogen and oxygen atoms in total. The number of fused-ring (bicyclic) bond motifs is 2. The van der Waals surface area contributed by atoms with Crippen molar-refractivity contribution >= 4 is 56.1 Å². The number of carbonyl (C=O) groups is 3. The second kappa shape index (κ2) is 10.6. The molecule has 1 aliphatic carbocycles. The molecule has 5 rings (SSSR count). The number of aromatic carboxylic acids is 1. The van der Waals surface area contributed by atoms with E-state index in [-0.39, 0.29) is 68.9 Å². The molecule has 0 spiro atoms. The summed E-state index contributed by atoms with van der Waals surface area (Å²) in [6.45, 7) is 0. The van der Waals surface area contributed by atoms with Crippen LogP contribution in [-0.2, 0) is 10.1 Å². The molecule has 0 amide bonds. The van der Waals surface area contributed by atoms with E-state index < -0.39 is 43.8 Å². The van der Waals surface area contributed by atoms with Gasteiger partial charge in [0.2, 0.25) is 0 Å². The number of nitrogens with one attached hydrogen (secondary N) is 2. The van der Waals surface area contributed by atoms with Crippen LogP contribution in [0.15, 0.2) is 83.8 Å². The van der Waals surface area contributed by atoms with E-state index in [4.69, 9.17) is 5.73 Å². The van der Waals surface area contributed by atoms with Gasteiger partial charge in [0, 0.05) is 28.1 Å². The third kappa shape index (κ3) is 5.18. The molecule has 0 aliphatic heterocycles. The second-order valence-electron chi connectivity index (χ2n) is 8.43.